The number of aromatic hydroxyl groups is 1. The van der Waals surface area contributed by atoms with Crippen LogP contribution in [0.4, 0.5) is 0 Å². The lowest BCUT2D eigenvalue weighted by atomic mass is 10.1. The zero-order chi connectivity index (χ0) is 17.6. The van der Waals surface area contributed by atoms with E-state index in [-0.39, 0.29) is 5.75 Å². The number of piperazine rings is 1. The van der Waals surface area contributed by atoms with Crippen molar-refractivity contribution in [1.29, 1.82) is 0 Å². The highest BCUT2D eigenvalue weighted by molar-refractivity contribution is 5.64. The van der Waals surface area contributed by atoms with E-state index in [9.17, 15) is 5.11 Å². The standard InChI is InChI=1S/C20H25N3O2/c1-16(18-8-9-19(24)20(14-18)25-2)21-23-12-10-22(11-13-23)15-17-6-4-3-5-7-17/h3-9,14,21,24H,1,10-13,15H2,2H3/p+1. The summed E-state index contributed by atoms with van der Waals surface area (Å²) in [6.45, 7) is 9.31. The lowest BCUT2D eigenvalue weighted by molar-refractivity contribution is -0.918. The van der Waals surface area contributed by atoms with Crippen molar-refractivity contribution in [3.63, 3.8) is 0 Å². The van der Waals surface area contributed by atoms with Crippen molar-refractivity contribution < 1.29 is 14.7 Å². The number of hydrazine groups is 1. The van der Waals surface area contributed by atoms with Crippen LogP contribution in [-0.4, -0.2) is 43.4 Å². The SMILES string of the molecule is C=C(NN1CC[NH+](Cc2ccccc2)CC1)c1ccc(O)c(OC)c1. The number of phenolic OH excluding ortho intramolecular Hbond substituents is 1. The van der Waals surface area contributed by atoms with E-state index in [1.807, 2.05) is 6.07 Å². The molecule has 5 heteroatoms. The molecule has 0 bridgehead atoms. The molecule has 0 atom stereocenters. The second-order valence-corrected chi connectivity index (χ2v) is 6.38. The highest BCUT2D eigenvalue weighted by atomic mass is 16.5. The van der Waals surface area contributed by atoms with Crippen molar-refractivity contribution in [3.05, 3.63) is 66.2 Å². The largest absolute Gasteiger partial charge is 0.504 e. The first-order valence-corrected chi connectivity index (χ1v) is 8.61. The number of rotatable bonds is 6. The fourth-order valence-corrected chi connectivity index (χ4v) is 3.12. The minimum Gasteiger partial charge on any atom is -0.504 e. The summed E-state index contributed by atoms with van der Waals surface area (Å²) < 4.78 is 5.16. The van der Waals surface area contributed by atoms with Gasteiger partial charge in [0.2, 0.25) is 0 Å². The molecule has 0 saturated carbocycles. The molecule has 25 heavy (non-hydrogen) atoms. The molecule has 0 amide bonds. The van der Waals surface area contributed by atoms with Crippen LogP contribution in [0.3, 0.4) is 0 Å². The quantitative estimate of drug-likeness (QED) is 0.741. The molecule has 2 aromatic rings. The molecule has 0 aliphatic carbocycles. The molecule has 0 radical (unpaired) electrons. The lowest BCUT2D eigenvalue weighted by Crippen LogP contribution is -3.13. The Morgan fingerprint density at radius 2 is 1.92 bits per heavy atom. The van der Waals surface area contributed by atoms with Gasteiger partial charge < -0.3 is 20.2 Å². The van der Waals surface area contributed by atoms with Gasteiger partial charge in [0.25, 0.3) is 0 Å². The minimum atomic E-state index is 0.136. The lowest BCUT2D eigenvalue weighted by Gasteiger charge is -2.33. The molecular formula is C20H26N3O2+. The molecule has 1 saturated heterocycles. The van der Waals surface area contributed by atoms with Gasteiger partial charge in [-0.3, -0.25) is 0 Å². The summed E-state index contributed by atoms with van der Waals surface area (Å²) in [7, 11) is 1.55. The average Bonchev–Trinajstić information content (AvgIpc) is 2.64. The fourth-order valence-electron chi connectivity index (χ4n) is 3.12. The van der Waals surface area contributed by atoms with Gasteiger partial charge in [-0.05, 0) is 18.2 Å². The van der Waals surface area contributed by atoms with Crippen LogP contribution >= 0.6 is 0 Å². The Balaban J connectivity index is 1.51. The Labute approximate surface area is 149 Å². The van der Waals surface area contributed by atoms with E-state index in [2.05, 4.69) is 47.3 Å². The predicted octanol–water partition coefficient (Wildman–Crippen LogP) is 1.28. The molecule has 3 N–H and O–H groups in total. The highest BCUT2D eigenvalue weighted by Crippen LogP contribution is 2.28. The third-order valence-electron chi connectivity index (χ3n) is 4.59. The number of benzene rings is 2. The normalized spacial score (nSPS) is 15.7. The maximum absolute atomic E-state index is 9.70. The second-order valence-electron chi connectivity index (χ2n) is 6.38. The third kappa shape index (κ3) is 4.53. The van der Waals surface area contributed by atoms with Gasteiger partial charge in [-0.25, -0.2) is 5.01 Å². The summed E-state index contributed by atoms with van der Waals surface area (Å²) in [5, 5.41) is 11.9. The summed E-state index contributed by atoms with van der Waals surface area (Å²) in [5.41, 5.74) is 6.49. The molecule has 3 rings (SSSR count). The molecule has 1 fully saturated rings. The molecule has 0 spiro atoms. The Hall–Kier alpha value is -2.50. The zero-order valence-electron chi connectivity index (χ0n) is 14.7. The molecule has 1 heterocycles. The van der Waals surface area contributed by atoms with Gasteiger partial charge in [-0.15, -0.1) is 0 Å². The summed E-state index contributed by atoms with van der Waals surface area (Å²) in [4.78, 5) is 1.60. The van der Waals surface area contributed by atoms with Gasteiger partial charge in [-0.2, -0.15) is 0 Å². The first kappa shape index (κ1) is 17.3. The first-order valence-electron chi connectivity index (χ1n) is 8.61. The third-order valence-corrected chi connectivity index (χ3v) is 4.59. The Morgan fingerprint density at radius 1 is 1.20 bits per heavy atom. The van der Waals surface area contributed by atoms with Crippen molar-refractivity contribution in [2.24, 2.45) is 0 Å². The van der Waals surface area contributed by atoms with Crippen LogP contribution in [0.5, 0.6) is 11.5 Å². The summed E-state index contributed by atoms with van der Waals surface area (Å²) in [6.07, 6.45) is 0. The van der Waals surface area contributed by atoms with Gasteiger partial charge in [0.15, 0.2) is 11.5 Å². The fraction of sp³-hybridized carbons (Fsp3) is 0.300. The van der Waals surface area contributed by atoms with E-state index in [0.717, 1.165) is 44.0 Å². The Morgan fingerprint density at radius 3 is 2.60 bits per heavy atom. The monoisotopic (exact) mass is 340 g/mol. The van der Waals surface area contributed by atoms with Gasteiger partial charge in [0.1, 0.15) is 6.54 Å². The summed E-state index contributed by atoms with van der Waals surface area (Å²) in [6, 6.07) is 15.9. The van der Waals surface area contributed by atoms with E-state index in [1.165, 1.54) is 5.56 Å². The van der Waals surface area contributed by atoms with Crippen LogP contribution < -0.4 is 15.1 Å². The number of methoxy groups -OCH3 is 1. The Kier molecular flexibility index (Phi) is 5.58. The molecule has 0 unspecified atom stereocenters. The van der Waals surface area contributed by atoms with Crippen molar-refractivity contribution in [3.8, 4) is 11.5 Å². The molecule has 5 nitrogen and oxygen atoms in total. The average molecular weight is 340 g/mol. The Bertz CT molecular complexity index is 710. The summed E-state index contributed by atoms with van der Waals surface area (Å²) >= 11 is 0. The topological polar surface area (TPSA) is 49.2 Å². The number of quaternary nitrogens is 1. The minimum absolute atomic E-state index is 0.136. The van der Waals surface area contributed by atoms with E-state index < -0.39 is 0 Å². The van der Waals surface area contributed by atoms with Crippen molar-refractivity contribution in [2.45, 2.75) is 6.54 Å². The van der Waals surface area contributed by atoms with Crippen molar-refractivity contribution in [2.75, 3.05) is 33.3 Å². The van der Waals surface area contributed by atoms with Crippen LogP contribution in [0.1, 0.15) is 11.1 Å². The van der Waals surface area contributed by atoms with Crippen LogP contribution in [-0.2, 0) is 6.54 Å². The van der Waals surface area contributed by atoms with Crippen LogP contribution in [0, 0.1) is 0 Å². The van der Waals surface area contributed by atoms with E-state index >= 15 is 0 Å². The molecular weight excluding hydrogens is 314 g/mol. The van der Waals surface area contributed by atoms with E-state index in [1.54, 1.807) is 24.1 Å². The van der Waals surface area contributed by atoms with E-state index in [4.69, 9.17) is 4.74 Å². The number of nitrogens with zero attached hydrogens (tertiary/aromatic N) is 1. The number of ether oxygens (including phenoxy) is 1. The number of hydrogen-bond acceptors (Lipinski definition) is 4. The highest BCUT2D eigenvalue weighted by Gasteiger charge is 2.20. The number of nitrogens with one attached hydrogen (secondary N) is 2. The predicted molar refractivity (Wildman–Crippen MR) is 99.2 cm³/mol. The van der Waals surface area contributed by atoms with Crippen LogP contribution in [0.2, 0.25) is 0 Å². The zero-order valence-corrected chi connectivity index (χ0v) is 14.7. The van der Waals surface area contributed by atoms with Gasteiger partial charge in [0, 0.05) is 16.8 Å². The van der Waals surface area contributed by atoms with Crippen LogP contribution in [0.15, 0.2) is 55.1 Å². The maximum Gasteiger partial charge on any atom is 0.161 e. The van der Waals surface area contributed by atoms with Gasteiger partial charge >= 0.3 is 0 Å². The number of phenols is 1. The van der Waals surface area contributed by atoms with Crippen LogP contribution in [0.25, 0.3) is 5.70 Å². The molecule has 0 aromatic heterocycles. The van der Waals surface area contributed by atoms with Gasteiger partial charge in [0.05, 0.1) is 33.3 Å². The van der Waals surface area contributed by atoms with Crippen molar-refractivity contribution in [1.82, 2.24) is 10.4 Å². The van der Waals surface area contributed by atoms with E-state index in [0.29, 0.717) is 5.75 Å². The summed E-state index contributed by atoms with van der Waals surface area (Å²) in [5.74, 6) is 0.592. The van der Waals surface area contributed by atoms with Crippen molar-refractivity contribution >= 4 is 5.70 Å². The number of hydrogen-bond donors (Lipinski definition) is 3. The first-order chi connectivity index (χ1) is 12.2. The molecule has 132 valence electrons. The maximum atomic E-state index is 9.70. The van der Waals surface area contributed by atoms with Gasteiger partial charge in [-0.1, -0.05) is 36.9 Å². The second kappa shape index (κ2) is 8.05. The smallest absolute Gasteiger partial charge is 0.161 e. The molecule has 2 aromatic carbocycles. The molecule has 1 aliphatic heterocycles. The molecule has 1 aliphatic rings.